The molecule has 0 aliphatic carbocycles. The number of benzene rings is 2. The highest BCUT2D eigenvalue weighted by Crippen LogP contribution is 2.26. The van der Waals surface area contributed by atoms with E-state index in [2.05, 4.69) is 19.9 Å². The van der Waals surface area contributed by atoms with E-state index in [1.165, 1.54) is 48.2 Å². The van der Waals surface area contributed by atoms with Gasteiger partial charge in [-0.25, -0.2) is 4.39 Å². The van der Waals surface area contributed by atoms with E-state index in [-0.39, 0.29) is 11.6 Å². The zero-order chi connectivity index (χ0) is 17.9. The average Bonchev–Trinajstić information content (AvgIpc) is 3.02. The second-order valence-corrected chi connectivity index (χ2v) is 5.93. The third-order valence-corrected chi connectivity index (χ3v) is 4.05. The predicted molar refractivity (Wildman–Crippen MR) is 84.5 cm³/mol. The smallest absolute Gasteiger partial charge is 0.406 e. The lowest BCUT2D eigenvalue weighted by Gasteiger charge is -2.08. The van der Waals surface area contributed by atoms with Gasteiger partial charge in [0.15, 0.2) is 11.0 Å². The summed E-state index contributed by atoms with van der Waals surface area (Å²) in [6, 6.07) is 11.4. The van der Waals surface area contributed by atoms with Gasteiger partial charge in [-0.05, 0) is 42.0 Å². The number of aromatic amines is 1. The molecule has 0 saturated carbocycles. The van der Waals surface area contributed by atoms with E-state index in [9.17, 15) is 17.6 Å². The van der Waals surface area contributed by atoms with Crippen LogP contribution in [0.4, 0.5) is 17.6 Å². The number of nitrogens with zero attached hydrogens (tertiary/aromatic N) is 2. The summed E-state index contributed by atoms with van der Waals surface area (Å²) in [5.41, 5.74) is 1.51. The van der Waals surface area contributed by atoms with Crippen LogP contribution in [0.5, 0.6) is 5.75 Å². The Kier molecular flexibility index (Phi) is 4.93. The van der Waals surface area contributed by atoms with Crippen LogP contribution >= 0.6 is 11.8 Å². The lowest BCUT2D eigenvalue weighted by molar-refractivity contribution is -0.274. The Morgan fingerprint density at radius 3 is 2.28 bits per heavy atom. The normalized spacial score (nSPS) is 11.5. The third kappa shape index (κ3) is 4.96. The largest absolute Gasteiger partial charge is 0.573 e. The molecule has 1 aromatic heterocycles. The van der Waals surface area contributed by atoms with Gasteiger partial charge in [0.05, 0.1) is 0 Å². The molecule has 25 heavy (non-hydrogen) atoms. The van der Waals surface area contributed by atoms with Gasteiger partial charge in [0, 0.05) is 11.3 Å². The number of hydrogen-bond acceptors (Lipinski definition) is 4. The van der Waals surface area contributed by atoms with Gasteiger partial charge in [0.1, 0.15) is 11.6 Å². The molecule has 1 N–H and O–H groups in total. The van der Waals surface area contributed by atoms with Crippen LogP contribution in [-0.2, 0) is 5.75 Å². The molecule has 130 valence electrons. The predicted octanol–water partition coefficient (Wildman–Crippen LogP) is 4.80. The molecule has 0 unspecified atom stereocenters. The van der Waals surface area contributed by atoms with Gasteiger partial charge in [0.25, 0.3) is 0 Å². The van der Waals surface area contributed by atoms with Crippen LogP contribution in [0.3, 0.4) is 0 Å². The van der Waals surface area contributed by atoms with E-state index in [4.69, 9.17) is 0 Å². The maximum Gasteiger partial charge on any atom is 0.573 e. The molecule has 0 spiro atoms. The van der Waals surface area contributed by atoms with Crippen molar-refractivity contribution in [3.63, 3.8) is 0 Å². The number of nitrogens with one attached hydrogen (secondary N) is 1. The Balaban J connectivity index is 1.63. The number of thioether (sulfide) groups is 1. The fourth-order valence-electron chi connectivity index (χ4n) is 1.99. The van der Waals surface area contributed by atoms with Gasteiger partial charge in [-0.1, -0.05) is 23.9 Å². The Labute approximate surface area is 144 Å². The van der Waals surface area contributed by atoms with Crippen LogP contribution in [0.2, 0.25) is 0 Å². The lowest BCUT2D eigenvalue weighted by atomic mass is 10.2. The molecule has 1 heterocycles. The van der Waals surface area contributed by atoms with Crippen molar-refractivity contribution in [3.8, 4) is 17.1 Å². The van der Waals surface area contributed by atoms with E-state index in [1.54, 1.807) is 12.1 Å². The zero-order valence-corrected chi connectivity index (χ0v) is 13.4. The zero-order valence-electron chi connectivity index (χ0n) is 12.5. The first-order valence-electron chi connectivity index (χ1n) is 7.05. The van der Waals surface area contributed by atoms with E-state index < -0.39 is 6.36 Å². The topological polar surface area (TPSA) is 50.8 Å². The number of ether oxygens (including phenoxy) is 1. The van der Waals surface area contributed by atoms with Gasteiger partial charge in [-0.3, -0.25) is 0 Å². The summed E-state index contributed by atoms with van der Waals surface area (Å²) >= 11 is 1.38. The number of hydrogen-bond donors (Lipinski definition) is 1. The quantitative estimate of drug-likeness (QED) is 0.518. The van der Waals surface area contributed by atoms with Crippen LogP contribution < -0.4 is 4.74 Å². The molecule has 0 amide bonds. The summed E-state index contributed by atoms with van der Waals surface area (Å²) in [4.78, 5) is 2.98. The number of alkyl halides is 3. The Hall–Kier alpha value is -2.55. The van der Waals surface area contributed by atoms with Gasteiger partial charge < -0.3 is 9.72 Å². The molecule has 2 aromatic carbocycles. The van der Waals surface area contributed by atoms with Crippen molar-refractivity contribution in [2.24, 2.45) is 0 Å². The molecule has 0 aliphatic heterocycles. The van der Waals surface area contributed by atoms with Crippen LogP contribution in [-0.4, -0.2) is 21.5 Å². The lowest BCUT2D eigenvalue weighted by Crippen LogP contribution is -2.16. The van der Waals surface area contributed by atoms with Crippen molar-refractivity contribution < 1.29 is 22.3 Å². The number of H-pyrrole nitrogens is 1. The van der Waals surface area contributed by atoms with Crippen LogP contribution in [0, 0.1) is 5.82 Å². The molecule has 9 heteroatoms. The standard InChI is InChI=1S/C16H11F4N3OS/c17-12-5-1-10(2-6-12)9-25-15-21-14(22-23-15)11-3-7-13(8-4-11)24-16(18,19)20/h1-8H,9H2,(H,21,22,23). The first kappa shape index (κ1) is 17.3. The maximum atomic E-state index is 12.9. The van der Waals surface area contributed by atoms with E-state index in [1.807, 2.05) is 0 Å². The monoisotopic (exact) mass is 369 g/mol. The van der Waals surface area contributed by atoms with Gasteiger partial charge in [-0.2, -0.15) is 0 Å². The molecule has 0 fully saturated rings. The van der Waals surface area contributed by atoms with Gasteiger partial charge >= 0.3 is 6.36 Å². The van der Waals surface area contributed by atoms with Crippen molar-refractivity contribution in [1.82, 2.24) is 15.2 Å². The fraction of sp³-hybridized carbons (Fsp3) is 0.125. The highest BCUT2D eigenvalue weighted by atomic mass is 32.2. The van der Waals surface area contributed by atoms with Crippen molar-refractivity contribution in [1.29, 1.82) is 0 Å². The molecule has 0 radical (unpaired) electrons. The summed E-state index contributed by atoms with van der Waals surface area (Å²) in [6.45, 7) is 0. The summed E-state index contributed by atoms with van der Waals surface area (Å²) in [5, 5.41) is 8.50. The average molecular weight is 369 g/mol. The molecule has 4 nitrogen and oxygen atoms in total. The summed E-state index contributed by atoms with van der Waals surface area (Å²) < 4.78 is 53.1. The second-order valence-electron chi connectivity index (χ2n) is 4.97. The molecule has 0 saturated heterocycles. The van der Waals surface area contributed by atoms with Crippen molar-refractivity contribution in [2.75, 3.05) is 0 Å². The van der Waals surface area contributed by atoms with E-state index in [0.29, 0.717) is 22.3 Å². The van der Waals surface area contributed by atoms with Crippen molar-refractivity contribution in [3.05, 3.63) is 59.9 Å². The minimum Gasteiger partial charge on any atom is -0.406 e. The van der Waals surface area contributed by atoms with E-state index in [0.717, 1.165) is 5.56 Å². The first-order chi connectivity index (χ1) is 11.9. The minimum absolute atomic E-state index is 0.298. The summed E-state index contributed by atoms with van der Waals surface area (Å²) in [6.07, 6.45) is -4.72. The highest BCUT2D eigenvalue weighted by molar-refractivity contribution is 7.98. The van der Waals surface area contributed by atoms with Crippen LogP contribution in [0.15, 0.2) is 53.7 Å². The molecule has 3 aromatic rings. The molecule has 0 aliphatic rings. The third-order valence-electron chi connectivity index (χ3n) is 3.12. The molecule has 0 atom stereocenters. The van der Waals surface area contributed by atoms with Gasteiger partial charge in [-0.15, -0.1) is 23.4 Å². The van der Waals surface area contributed by atoms with Gasteiger partial charge in [0.2, 0.25) is 0 Å². The van der Waals surface area contributed by atoms with Crippen LogP contribution in [0.25, 0.3) is 11.4 Å². The van der Waals surface area contributed by atoms with Crippen LogP contribution in [0.1, 0.15) is 5.56 Å². The number of rotatable bonds is 5. The Morgan fingerprint density at radius 2 is 1.64 bits per heavy atom. The summed E-state index contributed by atoms with van der Waals surface area (Å²) in [7, 11) is 0. The van der Waals surface area contributed by atoms with Crippen molar-refractivity contribution in [2.45, 2.75) is 17.3 Å². The molecule has 3 rings (SSSR count). The fourth-order valence-corrected chi connectivity index (χ4v) is 2.75. The Morgan fingerprint density at radius 1 is 0.960 bits per heavy atom. The highest BCUT2D eigenvalue weighted by Gasteiger charge is 2.31. The molecule has 0 bridgehead atoms. The van der Waals surface area contributed by atoms with E-state index >= 15 is 0 Å². The minimum atomic E-state index is -4.72. The first-order valence-corrected chi connectivity index (χ1v) is 8.04. The molecular weight excluding hydrogens is 358 g/mol. The Bertz CT molecular complexity index is 832. The summed E-state index contributed by atoms with van der Waals surface area (Å²) in [5.74, 6) is 0.406. The van der Waals surface area contributed by atoms with Crippen molar-refractivity contribution >= 4 is 11.8 Å². The number of halogens is 4. The SMILES string of the molecule is Fc1ccc(CSc2nnc(-c3ccc(OC(F)(F)F)cc3)[nH]2)cc1. The second kappa shape index (κ2) is 7.14. The molecular formula is C16H11F4N3OS. The number of aromatic nitrogens is 3. The maximum absolute atomic E-state index is 12.9.